The summed E-state index contributed by atoms with van der Waals surface area (Å²) in [4.78, 5) is 36.8. The zero-order chi connectivity index (χ0) is 49.3. The van der Waals surface area contributed by atoms with E-state index in [2.05, 4.69) is 63.2 Å². The molecule has 4 fully saturated rings. The van der Waals surface area contributed by atoms with E-state index in [1.807, 2.05) is 4.72 Å². The average molecular weight is 986 g/mol. The highest BCUT2D eigenvalue weighted by Crippen LogP contribution is 2.54. The number of carbonyl (C=O) groups is 1. The predicted octanol–water partition coefficient (Wildman–Crippen LogP) is 10.2. The Bertz CT molecular complexity index is 2940. The number of anilines is 2. The fraction of sp³-hybridized carbons (Fsp3) is 0.490. The molecule has 70 heavy (non-hydrogen) atoms. The second-order valence-corrected chi connectivity index (χ2v) is 22.4. The van der Waals surface area contributed by atoms with Gasteiger partial charge in [0, 0.05) is 60.6 Å². The maximum Gasteiger partial charge on any atom is 0.418 e. The second-order valence-electron chi connectivity index (χ2n) is 20.7. The number of pyridine rings is 1. The molecular formula is C51H58F3N7O8S. The van der Waals surface area contributed by atoms with Gasteiger partial charge in [-0.05, 0) is 124 Å². The largest absolute Gasteiger partial charge is 0.489 e. The van der Waals surface area contributed by atoms with E-state index in [4.69, 9.17) is 9.47 Å². The lowest BCUT2D eigenvalue weighted by Gasteiger charge is -2.56. The number of hydrogen-bond acceptors (Lipinski definition) is 12. The highest BCUT2D eigenvalue weighted by atomic mass is 32.2. The molecule has 0 unspecified atom stereocenters. The molecule has 1 amide bonds. The number of ether oxygens (including phenoxy) is 2. The minimum absolute atomic E-state index is 0.0149. The van der Waals surface area contributed by atoms with Crippen molar-refractivity contribution in [1.29, 1.82) is 0 Å². The van der Waals surface area contributed by atoms with Gasteiger partial charge in [0.05, 0.1) is 38.8 Å². The van der Waals surface area contributed by atoms with Gasteiger partial charge >= 0.3 is 6.18 Å². The minimum Gasteiger partial charge on any atom is -0.489 e. The van der Waals surface area contributed by atoms with E-state index in [0.717, 1.165) is 63.0 Å². The average Bonchev–Trinajstić information content (AvgIpc) is 3.98. The Morgan fingerprint density at radius 3 is 2.49 bits per heavy atom. The fourth-order valence-corrected chi connectivity index (χ4v) is 12.8. The number of fused-ring (bicyclic) bond motifs is 2. The number of amides is 1. The number of aromatic nitrogens is 2. The molecule has 5 aromatic rings. The molecule has 15 nitrogen and oxygen atoms in total. The third-order valence-corrected chi connectivity index (χ3v) is 17.0. The maximum absolute atomic E-state index is 14.1. The number of halogens is 3. The Hall–Kier alpha value is -5.92. The third kappa shape index (κ3) is 9.27. The van der Waals surface area contributed by atoms with Gasteiger partial charge in [0.25, 0.3) is 21.6 Å². The molecule has 3 aromatic carbocycles. The van der Waals surface area contributed by atoms with Crippen molar-refractivity contribution in [2.45, 2.75) is 126 Å². The van der Waals surface area contributed by atoms with Crippen LogP contribution in [0.2, 0.25) is 0 Å². The number of aliphatic hydroxyl groups is 1. The molecule has 3 aliphatic heterocycles. The molecule has 0 bridgehead atoms. The SMILES string of the molecule is CC(C)c1ccccc1[C@@H]1CCCN1C1CC2(CCN(c3ccc(C(=O)NS(=O)(=O)c4cc5c(c([N+](=O)[O-])c4)N[C@@H]([C@H]4CC[C@](C)(O)CC4)CO5)c(Oc4cnc5[nH]cc(C(F)(F)F)c5c4)c3)CC2)C1. The molecule has 2 saturated heterocycles. The Kier molecular flexibility index (Phi) is 12.3. The normalized spacial score (nSPS) is 23.9. The summed E-state index contributed by atoms with van der Waals surface area (Å²) in [6.07, 6.45) is 6.19. The van der Waals surface area contributed by atoms with Crippen molar-refractivity contribution < 1.29 is 45.9 Å². The lowest BCUT2D eigenvalue weighted by Crippen LogP contribution is -2.54. The van der Waals surface area contributed by atoms with Crippen molar-refractivity contribution in [3.05, 3.63) is 105 Å². The van der Waals surface area contributed by atoms with Crippen LogP contribution in [-0.4, -0.2) is 83.1 Å². The van der Waals surface area contributed by atoms with Crippen LogP contribution in [0.15, 0.2) is 78.0 Å². The summed E-state index contributed by atoms with van der Waals surface area (Å²) in [5.74, 6) is -0.987. The first-order valence-electron chi connectivity index (χ1n) is 24.2. The summed E-state index contributed by atoms with van der Waals surface area (Å²) >= 11 is 0. The maximum atomic E-state index is 14.1. The summed E-state index contributed by atoms with van der Waals surface area (Å²) in [6, 6.07) is 17.2. The summed E-state index contributed by atoms with van der Waals surface area (Å²) in [5.41, 5.74) is 1.13. The zero-order valence-electron chi connectivity index (χ0n) is 39.4. The molecule has 1 spiro atoms. The molecule has 2 aliphatic carbocycles. The van der Waals surface area contributed by atoms with Crippen LogP contribution in [-0.2, 0) is 16.2 Å². The topological polar surface area (TPSA) is 192 Å². The molecule has 5 aliphatic rings. The summed E-state index contributed by atoms with van der Waals surface area (Å²) in [7, 11) is -4.80. The van der Waals surface area contributed by atoms with Gasteiger partial charge in [0.2, 0.25) is 0 Å². The number of carbonyl (C=O) groups excluding carboxylic acids is 1. The second kappa shape index (κ2) is 18.0. The first kappa shape index (κ1) is 47.7. The fourth-order valence-electron chi connectivity index (χ4n) is 11.8. The van der Waals surface area contributed by atoms with Gasteiger partial charge in [-0.2, -0.15) is 13.2 Å². The number of alkyl halides is 3. The molecule has 2 aromatic heterocycles. The van der Waals surface area contributed by atoms with Crippen molar-refractivity contribution in [3.8, 4) is 17.2 Å². The number of nitro benzene ring substituents is 1. The number of likely N-dealkylation sites (tertiary alicyclic amines) is 1. The number of hydrogen-bond donors (Lipinski definition) is 4. The van der Waals surface area contributed by atoms with Crippen LogP contribution in [0.3, 0.4) is 0 Å². The molecule has 19 heteroatoms. The van der Waals surface area contributed by atoms with E-state index in [1.54, 1.807) is 19.1 Å². The van der Waals surface area contributed by atoms with Crippen molar-refractivity contribution >= 4 is 44.0 Å². The van der Waals surface area contributed by atoms with E-state index in [-0.39, 0.29) is 63.5 Å². The Labute approximate surface area is 404 Å². The number of nitrogens with zero attached hydrogens (tertiary/aromatic N) is 4. The zero-order valence-corrected chi connectivity index (χ0v) is 40.2. The van der Waals surface area contributed by atoms with E-state index in [1.165, 1.54) is 29.8 Å². The number of sulfonamides is 1. The smallest absolute Gasteiger partial charge is 0.418 e. The first-order valence-corrected chi connectivity index (χ1v) is 25.7. The van der Waals surface area contributed by atoms with Gasteiger partial charge in [-0.3, -0.25) is 19.8 Å². The number of aromatic amines is 1. The standard InChI is InChI=1S/C51H58F3N7O8S/c1-30(2)36-7-4-5-8-37(36)42-9-6-18-60(42)33-25-50(26-33)16-19-59(20-17-50)32-10-11-38(44(21-32)69-34-22-39-40(51(52,53)54)28-56-47(39)55-27-34)48(62)58-70(66,67)35-23-43(61(64)65)46-45(24-35)68-29-41(57-46)31-12-14-49(3,63)15-13-31/h4-5,7-8,10-11,21-24,27-28,30-31,33,41-42,57,63H,6,9,12-20,25-26,29H2,1-3H3,(H,55,56)(H,58,62)/t31-,41-,42+,49-/m1/s1. The van der Waals surface area contributed by atoms with E-state index < -0.39 is 48.8 Å². The molecule has 372 valence electrons. The predicted molar refractivity (Wildman–Crippen MR) is 257 cm³/mol. The van der Waals surface area contributed by atoms with Gasteiger partial charge < -0.3 is 29.8 Å². The van der Waals surface area contributed by atoms with Crippen molar-refractivity contribution in [3.63, 3.8) is 0 Å². The molecule has 0 radical (unpaired) electrons. The van der Waals surface area contributed by atoms with Crippen LogP contribution < -0.4 is 24.4 Å². The summed E-state index contributed by atoms with van der Waals surface area (Å²) < 4.78 is 84.0. The van der Waals surface area contributed by atoms with Gasteiger partial charge in [-0.15, -0.1) is 0 Å². The molecule has 10 rings (SSSR count). The van der Waals surface area contributed by atoms with Gasteiger partial charge in [0.1, 0.15) is 23.8 Å². The Morgan fingerprint density at radius 1 is 1.03 bits per heavy atom. The van der Waals surface area contributed by atoms with E-state index in [0.29, 0.717) is 62.5 Å². The van der Waals surface area contributed by atoms with Crippen LogP contribution in [0.25, 0.3) is 11.0 Å². The summed E-state index contributed by atoms with van der Waals surface area (Å²) in [5, 5.41) is 25.8. The molecule has 4 N–H and O–H groups in total. The van der Waals surface area contributed by atoms with Crippen LogP contribution in [0.5, 0.6) is 17.2 Å². The summed E-state index contributed by atoms with van der Waals surface area (Å²) in [6.45, 7) is 8.87. The lowest BCUT2D eigenvalue weighted by molar-refractivity contribution is -0.384. The van der Waals surface area contributed by atoms with Crippen molar-refractivity contribution in [2.75, 3.05) is 36.5 Å². The van der Waals surface area contributed by atoms with Crippen LogP contribution >= 0.6 is 0 Å². The van der Waals surface area contributed by atoms with Gasteiger partial charge in [0.15, 0.2) is 11.4 Å². The number of nitro groups is 1. The lowest BCUT2D eigenvalue weighted by atomic mass is 9.59. The van der Waals surface area contributed by atoms with Crippen molar-refractivity contribution in [2.24, 2.45) is 11.3 Å². The molecule has 5 heterocycles. The highest BCUT2D eigenvalue weighted by molar-refractivity contribution is 7.90. The third-order valence-electron chi connectivity index (χ3n) is 15.7. The van der Waals surface area contributed by atoms with Crippen LogP contribution in [0.4, 0.5) is 30.2 Å². The van der Waals surface area contributed by atoms with E-state index >= 15 is 0 Å². The van der Waals surface area contributed by atoms with Crippen molar-refractivity contribution in [1.82, 2.24) is 19.6 Å². The number of benzene rings is 3. The Balaban J connectivity index is 0.882. The van der Waals surface area contributed by atoms with Crippen LogP contribution in [0, 0.1) is 21.4 Å². The highest BCUT2D eigenvalue weighted by Gasteiger charge is 2.50. The van der Waals surface area contributed by atoms with E-state index in [9.17, 15) is 41.6 Å². The van der Waals surface area contributed by atoms with Gasteiger partial charge in [-0.25, -0.2) is 18.1 Å². The van der Waals surface area contributed by atoms with Crippen LogP contribution in [0.1, 0.15) is 124 Å². The first-order chi connectivity index (χ1) is 33.3. The molecule has 2 atom stereocenters. The number of nitrogens with one attached hydrogen (secondary N) is 3. The molecular weight excluding hydrogens is 928 g/mol. The number of H-pyrrole nitrogens is 1. The number of rotatable bonds is 11. The number of piperidine rings is 1. The van der Waals surface area contributed by atoms with Gasteiger partial charge in [-0.1, -0.05) is 38.1 Å². The monoisotopic (exact) mass is 985 g/mol. The Morgan fingerprint density at radius 2 is 1.77 bits per heavy atom. The molecule has 2 saturated carbocycles. The quantitative estimate of drug-likeness (QED) is 0.0724. The minimum atomic E-state index is -4.80.